The molecule has 1 aromatic heterocycles. The molecule has 1 aromatic carbocycles. The molecule has 1 heterocycles. The second kappa shape index (κ2) is 6.78. The van der Waals surface area contributed by atoms with E-state index in [9.17, 15) is 4.39 Å². The average molecular weight is 357 g/mol. The average Bonchev–Trinajstić information content (AvgIpc) is 2.73. The Kier molecular flexibility index (Phi) is 5.29. The van der Waals surface area contributed by atoms with Gasteiger partial charge in [0.25, 0.3) is 0 Å². The first-order valence-corrected chi connectivity index (χ1v) is 8.24. The summed E-state index contributed by atoms with van der Waals surface area (Å²) >= 11 is 5.05. The number of hydrogen-bond donors (Lipinski definition) is 1. The zero-order valence-corrected chi connectivity index (χ0v) is 14.2. The molecule has 108 valence electrons. The van der Waals surface area contributed by atoms with Gasteiger partial charge in [-0.25, -0.2) is 9.37 Å². The van der Waals surface area contributed by atoms with Crippen LogP contribution in [0, 0.1) is 19.7 Å². The van der Waals surface area contributed by atoms with Gasteiger partial charge in [0.1, 0.15) is 5.82 Å². The van der Waals surface area contributed by atoms with E-state index >= 15 is 0 Å². The van der Waals surface area contributed by atoms with E-state index in [4.69, 9.17) is 0 Å². The van der Waals surface area contributed by atoms with Gasteiger partial charge in [0, 0.05) is 10.9 Å². The number of nitrogens with one attached hydrogen (secondary N) is 1. The summed E-state index contributed by atoms with van der Waals surface area (Å²) in [4.78, 5) is 5.73. The third-order valence-corrected chi connectivity index (χ3v) is 5.24. The van der Waals surface area contributed by atoms with Crippen LogP contribution in [0.1, 0.15) is 34.1 Å². The van der Waals surface area contributed by atoms with Crippen LogP contribution >= 0.6 is 27.3 Å². The third kappa shape index (κ3) is 3.45. The predicted octanol–water partition coefficient (Wildman–Crippen LogP) is 4.55. The first kappa shape index (κ1) is 15.6. The van der Waals surface area contributed by atoms with Crippen LogP contribution in [-0.4, -0.2) is 11.5 Å². The van der Waals surface area contributed by atoms with E-state index in [1.807, 2.05) is 19.9 Å². The number of aromatic nitrogens is 1. The van der Waals surface area contributed by atoms with E-state index in [0.29, 0.717) is 4.47 Å². The molecule has 1 unspecified atom stereocenters. The summed E-state index contributed by atoms with van der Waals surface area (Å²) in [6.45, 7) is 7.00. The molecule has 2 rings (SSSR count). The van der Waals surface area contributed by atoms with Gasteiger partial charge in [0.05, 0.1) is 15.2 Å². The van der Waals surface area contributed by atoms with Gasteiger partial charge >= 0.3 is 0 Å². The largest absolute Gasteiger partial charge is 0.309 e. The fraction of sp³-hybridized carbons (Fsp3) is 0.400. The van der Waals surface area contributed by atoms with Gasteiger partial charge in [-0.3, -0.25) is 0 Å². The van der Waals surface area contributed by atoms with Crippen molar-refractivity contribution in [2.24, 2.45) is 0 Å². The summed E-state index contributed by atoms with van der Waals surface area (Å²) in [5.74, 6) is -0.213. The van der Waals surface area contributed by atoms with E-state index in [-0.39, 0.29) is 11.9 Å². The Balaban J connectivity index is 2.30. The fourth-order valence-corrected chi connectivity index (χ4v) is 3.73. The van der Waals surface area contributed by atoms with Crippen molar-refractivity contribution in [2.75, 3.05) is 6.54 Å². The number of likely N-dealkylation sites (N-methyl/N-ethyl adjacent to an activating group) is 1. The summed E-state index contributed by atoms with van der Waals surface area (Å²) in [6.07, 6.45) is 0.745. The van der Waals surface area contributed by atoms with Crippen molar-refractivity contribution >= 4 is 27.3 Å². The highest BCUT2D eigenvalue weighted by atomic mass is 79.9. The second-order valence-electron chi connectivity index (χ2n) is 4.71. The number of aryl methyl sites for hydroxylation is 2. The topological polar surface area (TPSA) is 24.9 Å². The highest BCUT2D eigenvalue weighted by Crippen LogP contribution is 2.30. The molecular weight excluding hydrogens is 339 g/mol. The number of halogens is 2. The standard InChI is InChI=1S/C15H18BrFN2S/c1-4-18-13(15-9(2)19-10(3)20-15)8-11-6-5-7-12(17)14(11)16/h5-7,13,18H,4,8H2,1-3H3. The molecule has 2 aromatic rings. The van der Waals surface area contributed by atoms with Gasteiger partial charge in [-0.1, -0.05) is 19.1 Å². The Labute approximate surface area is 131 Å². The van der Waals surface area contributed by atoms with Crippen molar-refractivity contribution in [1.29, 1.82) is 0 Å². The van der Waals surface area contributed by atoms with Crippen LogP contribution in [0.25, 0.3) is 0 Å². The Hall–Kier alpha value is -0.780. The van der Waals surface area contributed by atoms with Gasteiger partial charge in [-0.05, 0) is 54.4 Å². The first-order valence-electron chi connectivity index (χ1n) is 6.63. The number of rotatable bonds is 5. The molecule has 0 aliphatic rings. The molecule has 0 spiro atoms. The van der Waals surface area contributed by atoms with Crippen molar-refractivity contribution in [3.05, 3.63) is 49.6 Å². The Morgan fingerprint density at radius 2 is 2.15 bits per heavy atom. The lowest BCUT2D eigenvalue weighted by Gasteiger charge is -2.18. The van der Waals surface area contributed by atoms with Crippen LogP contribution in [0.15, 0.2) is 22.7 Å². The van der Waals surface area contributed by atoms with Crippen molar-refractivity contribution < 1.29 is 4.39 Å². The van der Waals surface area contributed by atoms with Crippen LogP contribution in [0.5, 0.6) is 0 Å². The van der Waals surface area contributed by atoms with Crippen molar-refractivity contribution in [1.82, 2.24) is 10.3 Å². The maximum absolute atomic E-state index is 13.6. The molecule has 0 fully saturated rings. The molecule has 0 aliphatic heterocycles. The van der Waals surface area contributed by atoms with E-state index in [2.05, 4.69) is 33.2 Å². The highest BCUT2D eigenvalue weighted by molar-refractivity contribution is 9.10. The Morgan fingerprint density at radius 1 is 1.40 bits per heavy atom. The smallest absolute Gasteiger partial charge is 0.137 e. The van der Waals surface area contributed by atoms with Crippen LogP contribution in [0.4, 0.5) is 4.39 Å². The third-order valence-electron chi connectivity index (χ3n) is 3.16. The zero-order valence-electron chi connectivity index (χ0n) is 11.8. The minimum atomic E-state index is -0.213. The van der Waals surface area contributed by atoms with Crippen LogP contribution < -0.4 is 5.32 Å². The van der Waals surface area contributed by atoms with E-state index in [0.717, 1.165) is 29.2 Å². The summed E-state index contributed by atoms with van der Waals surface area (Å²) in [5, 5.41) is 4.54. The molecule has 0 radical (unpaired) electrons. The number of thiazole rings is 1. The predicted molar refractivity (Wildman–Crippen MR) is 85.8 cm³/mol. The molecule has 20 heavy (non-hydrogen) atoms. The molecule has 0 amide bonds. The lowest BCUT2D eigenvalue weighted by Crippen LogP contribution is -2.23. The molecule has 1 atom stereocenters. The van der Waals surface area contributed by atoms with Gasteiger partial charge in [0.2, 0.25) is 0 Å². The maximum Gasteiger partial charge on any atom is 0.137 e. The van der Waals surface area contributed by atoms with Gasteiger partial charge < -0.3 is 5.32 Å². The van der Waals surface area contributed by atoms with Crippen molar-refractivity contribution in [2.45, 2.75) is 33.2 Å². The van der Waals surface area contributed by atoms with Crippen molar-refractivity contribution in [3.8, 4) is 0 Å². The summed E-state index contributed by atoms with van der Waals surface area (Å²) in [7, 11) is 0. The SMILES string of the molecule is CCNC(Cc1cccc(F)c1Br)c1sc(C)nc1C. The zero-order chi connectivity index (χ0) is 14.7. The highest BCUT2D eigenvalue weighted by Gasteiger charge is 2.19. The molecule has 0 saturated heterocycles. The number of nitrogens with zero attached hydrogens (tertiary/aromatic N) is 1. The van der Waals surface area contributed by atoms with Crippen LogP contribution in [0.3, 0.4) is 0 Å². The molecule has 0 aliphatic carbocycles. The lowest BCUT2D eigenvalue weighted by atomic mass is 10.0. The van der Waals surface area contributed by atoms with Crippen molar-refractivity contribution in [3.63, 3.8) is 0 Å². The molecular formula is C15H18BrFN2S. The minimum Gasteiger partial charge on any atom is -0.309 e. The summed E-state index contributed by atoms with van der Waals surface area (Å²) in [6, 6.07) is 5.35. The lowest BCUT2D eigenvalue weighted by molar-refractivity contribution is 0.549. The van der Waals surface area contributed by atoms with Gasteiger partial charge in [-0.2, -0.15) is 0 Å². The molecule has 5 heteroatoms. The monoisotopic (exact) mass is 356 g/mol. The van der Waals surface area contributed by atoms with Gasteiger partial charge in [-0.15, -0.1) is 11.3 Å². The Morgan fingerprint density at radius 3 is 2.75 bits per heavy atom. The Bertz CT molecular complexity index is 598. The fourth-order valence-electron chi connectivity index (χ4n) is 2.30. The summed E-state index contributed by atoms with van der Waals surface area (Å²) in [5.41, 5.74) is 2.03. The molecule has 0 bridgehead atoms. The summed E-state index contributed by atoms with van der Waals surface area (Å²) < 4.78 is 14.2. The maximum atomic E-state index is 13.6. The second-order valence-corrected chi connectivity index (χ2v) is 6.74. The van der Waals surface area contributed by atoms with Gasteiger partial charge in [0.15, 0.2) is 0 Å². The molecule has 1 N–H and O–H groups in total. The number of benzene rings is 1. The molecule has 0 saturated carbocycles. The first-order chi connectivity index (χ1) is 9.52. The molecule has 2 nitrogen and oxygen atoms in total. The van der Waals surface area contributed by atoms with E-state index in [1.165, 1.54) is 10.9 Å². The van der Waals surface area contributed by atoms with E-state index in [1.54, 1.807) is 17.4 Å². The quantitative estimate of drug-likeness (QED) is 0.849. The number of hydrogen-bond acceptors (Lipinski definition) is 3. The van der Waals surface area contributed by atoms with Crippen LogP contribution in [-0.2, 0) is 6.42 Å². The van der Waals surface area contributed by atoms with Crippen LogP contribution in [0.2, 0.25) is 0 Å². The van der Waals surface area contributed by atoms with E-state index < -0.39 is 0 Å². The minimum absolute atomic E-state index is 0.171. The normalized spacial score (nSPS) is 12.7.